The van der Waals surface area contributed by atoms with Crippen LogP contribution in [0, 0.1) is 0 Å². The van der Waals surface area contributed by atoms with Gasteiger partial charge in [0.15, 0.2) is 0 Å². The van der Waals surface area contributed by atoms with Crippen molar-refractivity contribution in [3.05, 3.63) is 0 Å². The van der Waals surface area contributed by atoms with Crippen LogP contribution in [0.4, 0.5) is 0 Å². The molecule has 0 N–H and O–H groups in total. The van der Waals surface area contributed by atoms with Gasteiger partial charge >= 0.3 is 0 Å². The molecule has 0 radical (unpaired) electrons. The lowest BCUT2D eigenvalue weighted by atomic mass is 10.6. The van der Waals surface area contributed by atoms with Gasteiger partial charge in [-0.25, -0.2) is 0 Å². The monoisotopic (exact) mass is 380 g/mol. The second-order valence-electron chi connectivity index (χ2n) is 3.94. The molecule has 5 nitrogen and oxygen atoms in total. The van der Waals surface area contributed by atoms with Crippen LogP contribution in [0.15, 0.2) is 0 Å². The fourth-order valence-corrected chi connectivity index (χ4v) is 2.07. The van der Waals surface area contributed by atoms with Crippen molar-refractivity contribution < 1.29 is 23.7 Å². The largest absolute Gasteiger partial charge is 0.362 e. The average Bonchev–Trinajstić information content (AvgIpc) is 2.43. The summed E-state index contributed by atoms with van der Waals surface area (Å²) in [7, 11) is 0. The smallest absolute Gasteiger partial charge is 0.124 e. The van der Waals surface area contributed by atoms with Gasteiger partial charge in [-0.1, -0.05) is 0 Å². The molecule has 0 aromatic heterocycles. The first kappa shape index (κ1) is 19.6. The van der Waals surface area contributed by atoms with Crippen LogP contribution in [0.2, 0.25) is 0 Å². The molecule has 5 unspecified atom stereocenters. The molecule has 0 bridgehead atoms. The summed E-state index contributed by atoms with van der Waals surface area (Å²) in [5.41, 5.74) is -1.93. The Bertz CT molecular complexity index is 184. The van der Waals surface area contributed by atoms with Gasteiger partial charge in [-0.3, -0.25) is 0 Å². The van der Waals surface area contributed by atoms with E-state index in [9.17, 15) is 0 Å². The Balaban J connectivity index is 2.45. The standard InChI is InChI=1S/C10H20O5S5/c16-6-1-11-7(17)2-13-9(19)4-15-10(20)5-14-8(18)3-12-6/h6-10,16-20H,1-5H2. The Hall–Kier alpha value is 1.55. The topological polar surface area (TPSA) is 46.2 Å². The van der Waals surface area contributed by atoms with Gasteiger partial charge < -0.3 is 23.7 Å². The van der Waals surface area contributed by atoms with Gasteiger partial charge in [0.2, 0.25) is 0 Å². The van der Waals surface area contributed by atoms with Crippen LogP contribution in [0.1, 0.15) is 0 Å². The Kier molecular flexibility index (Phi) is 10.9. The molecule has 0 spiro atoms. The van der Waals surface area contributed by atoms with Gasteiger partial charge in [-0.15, -0.1) is 63.1 Å². The van der Waals surface area contributed by atoms with Crippen molar-refractivity contribution in [2.24, 2.45) is 0 Å². The molecular formula is C10H20O5S5. The molecule has 0 aromatic carbocycles. The van der Waals surface area contributed by atoms with Crippen LogP contribution >= 0.6 is 63.1 Å². The molecule has 1 aliphatic rings. The van der Waals surface area contributed by atoms with Crippen molar-refractivity contribution in [1.29, 1.82) is 0 Å². The highest BCUT2D eigenvalue weighted by atomic mass is 32.1. The summed E-state index contributed by atoms with van der Waals surface area (Å²) < 4.78 is 27.1. The third-order valence-electron chi connectivity index (χ3n) is 2.16. The van der Waals surface area contributed by atoms with Crippen LogP contribution in [-0.2, 0) is 23.7 Å². The Labute approximate surface area is 146 Å². The average molecular weight is 381 g/mol. The van der Waals surface area contributed by atoms with Crippen LogP contribution in [0.25, 0.3) is 0 Å². The summed E-state index contributed by atoms with van der Waals surface area (Å²) in [5, 5.41) is 0. The number of hydrogen-bond donors (Lipinski definition) is 5. The Morgan fingerprint density at radius 2 is 0.550 bits per heavy atom. The van der Waals surface area contributed by atoms with Crippen LogP contribution in [0.3, 0.4) is 0 Å². The fraction of sp³-hybridized carbons (Fsp3) is 1.00. The maximum atomic E-state index is 5.42. The second-order valence-corrected chi connectivity index (χ2v) is 6.82. The molecule has 0 aliphatic carbocycles. The molecule has 1 heterocycles. The van der Waals surface area contributed by atoms with Crippen molar-refractivity contribution in [2.75, 3.05) is 33.0 Å². The Morgan fingerprint density at radius 1 is 0.400 bits per heavy atom. The predicted octanol–water partition coefficient (Wildman–Crippen LogP) is 1.36. The first-order valence-electron chi connectivity index (χ1n) is 5.95. The van der Waals surface area contributed by atoms with E-state index >= 15 is 0 Å². The van der Waals surface area contributed by atoms with Gasteiger partial charge in [0.1, 0.15) is 27.2 Å². The zero-order valence-electron chi connectivity index (χ0n) is 10.7. The van der Waals surface area contributed by atoms with E-state index < -0.39 is 0 Å². The molecule has 0 amide bonds. The highest BCUT2D eigenvalue weighted by Crippen LogP contribution is 2.12. The van der Waals surface area contributed by atoms with E-state index in [0.29, 0.717) is 0 Å². The number of ether oxygens (including phenoxy) is 5. The number of hydrogen-bond acceptors (Lipinski definition) is 10. The van der Waals surface area contributed by atoms with Gasteiger partial charge in [0, 0.05) is 0 Å². The van der Waals surface area contributed by atoms with Crippen molar-refractivity contribution >= 4 is 63.1 Å². The predicted molar refractivity (Wildman–Crippen MR) is 93.6 cm³/mol. The molecule has 1 fully saturated rings. The number of rotatable bonds is 0. The van der Waals surface area contributed by atoms with Crippen molar-refractivity contribution in [3.63, 3.8) is 0 Å². The highest BCUT2D eigenvalue weighted by molar-refractivity contribution is 7.81. The summed E-state index contributed by atoms with van der Waals surface area (Å²) in [4.78, 5) is 0. The normalized spacial score (nSPS) is 39.8. The van der Waals surface area contributed by atoms with Gasteiger partial charge in [0.25, 0.3) is 0 Å². The third kappa shape index (κ3) is 9.54. The summed E-state index contributed by atoms with van der Waals surface area (Å²) in [6.45, 7) is 1.41. The lowest BCUT2D eigenvalue weighted by molar-refractivity contribution is -0.0278. The molecule has 20 heavy (non-hydrogen) atoms. The molecule has 1 saturated heterocycles. The van der Waals surface area contributed by atoms with E-state index in [1.165, 1.54) is 0 Å². The SMILES string of the molecule is SC1COC(S)COC(S)COC(S)COC(S)CO1. The second kappa shape index (κ2) is 11.1. The zero-order chi connectivity index (χ0) is 15.0. The van der Waals surface area contributed by atoms with E-state index in [2.05, 4.69) is 63.1 Å². The summed E-state index contributed by atoms with van der Waals surface area (Å²) in [6.07, 6.45) is 0. The minimum Gasteiger partial charge on any atom is -0.362 e. The summed E-state index contributed by atoms with van der Waals surface area (Å²) in [5.74, 6) is 0. The van der Waals surface area contributed by atoms with Crippen molar-refractivity contribution in [1.82, 2.24) is 0 Å². The maximum Gasteiger partial charge on any atom is 0.124 e. The first-order valence-corrected chi connectivity index (χ1v) is 8.54. The molecule has 120 valence electrons. The van der Waals surface area contributed by atoms with Crippen LogP contribution < -0.4 is 0 Å². The highest BCUT2D eigenvalue weighted by Gasteiger charge is 2.16. The van der Waals surface area contributed by atoms with E-state index in [-0.39, 0.29) is 60.2 Å². The molecular weight excluding hydrogens is 360 g/mol. The van der Waals surface area contributed by atoms with Gasteiger partial charge in [-0.2, -0.15) is 0 Å². The maximum absolute atomic E-state index is 5.42. The first-order chi connectivity index (χ1) is 9.47. The van der Waals surface area contributed by atoms with E-state index in [1.807, 2.05) is 0 Å². The summed E-state index contributed by atoms with van der Waals surface area (Å²) in [6, 6.07) is 0. The van der Waals surface area contributed by atoms with Gasteiger partial charge in [-0.05, 0) is 0 Å². The number of thiol groups is 5. The van der Waals surface area contributed by atoms with Crippen LogP contribution in [0.5, 0.6) is 0 Å². The molecule has 10 heteroatoms. The lowest BCUT2D eigenvalue weighted by Gasteiger charge is -2.18. The van der Waals surface area contributed by atoms with E-state index in [4.69, 9.17) is 23.7 Å². The minimum atomic E-state index is -0.386. The zero-order valence-corrected chi connectivity index (χ0v) is 15.2. The molecule has 5 atom stereocenters. The van der Waals surface area contributed by atoms with E-state index in [0.717, 1.165) is 0 Å². The molecule has 1 rings (SSSR count). The molecule has 0 aromatic rings. The van der Waals surface area contributed by atoms with Crippen molar-refractivity contribution in [2.45, 2.75) is 27.2 Å². The van der Waals surface area contributed by atoms with Crippen molar-refractivity contribution in [3.8, 4) is 0 Å². The fourth-order valence-electron chi connectivity index (χ4n) is 1.21. The van der Waals surface area contributed by atoms with E-state index in [1.54, 1.807) is 0 Å². The lowest BCUT2D eigenvalue weighted by Crippen LogP contribution is -2.24. The van der Waals surface area contributed by atoms with Gasteiger partial charge in [0.05, 0.1) is 33.0 Å². The quantitative estimate of drug-likeness (QED) is 0.411. The molecule has 0 saturated carbocycles. The third-order valence-corrected chi connectivity index (χ3v) is 3.65. The Morgan fingerprint density at radius 3 is 0.700 bits per heavy atom. The minimum absolute atomic E-state index is 0.282. The summed E-state index contributed by atoms with van der Waals surface area (Å²) >= 11 is 21.2. The van der Waals surface area contributed by atoms with Crippen LogP contribution in [-0.4, -0.2) is 60.2 Å². The molecule has 1 aliphatic heterocycles.